The Labute approximate surface area is 126 Å². The molecule has 116 valence electrons. The minimum Gasteiger partial charge on any atom is -0.335 e. The number of amides is 2. The molecular formula is C15H18N4O3. The largest absolute Gasteiger partial charge is 0.335 e. The number of fused-ring (bicyclic) bond motifs is 1. The van der Waals surface area contributed by atoms with Crippen molar-refractivity contribution in [3.63, 3.8) is 0 Å². The van der Waals surface area contributed by atoms with Gasteiger partial charge in [-0.2, -0.15) is 0 Å². The van der Waals surface area contributed by atoms with Gasteiger partial charge in [-0.15, -0.1) is 0 Å². The van der Waals surface area contributed by atoms with Gasteiger partial charge >= 0.3 is 11.7 Å². The highest BCUT2D eigenvalue weighted by Crippen LogP contribution is 2.70. The van der Waals surface area contributed by atoms with Gasteiger partial charge in [-0.1, -0.05) is 0 Å². The van der Waals surface area contributed by atoms with E-state index in [0.29, 0.717) is 48.6 Å². The van der Waals surface area contributed by atoms with Crippen molar-refractivity contribution in [3.05, 3.63) is 32.1 Å². The molecule has 2 amide bonds. The molecule has 1 aromatic rings. The van der Waals surface area contributed by atoms with Crippen LogP contribution in [0.4, 0.5) is 4.79 Å². The Balaban J connectivity index is 1.33. The third-order valence-electron chi connectivity index (χ3n) is 6.16. The highest BCUT2D eigenvalue weighted by atomic mass is 16.2. The molecule has 0 spiro atoms. The number of rotatable bonds is 1. The molecule has 5 aliphatic rings. The molecule has 22 heavy (non-hydrogen) atoms. The fraction of sp³-hybridized carbons (Fsp3) is 0.667. The van der Waals surface area contributed by atoms with Crippen molar-refractivity contribution in [2.24, 2.45) is 23.7 Å². The van der Waals surface area contributed by atoms with Gasteiger partial charge in [0, 0.05) is 23.8 Å². The highest BCUT2D eigenvalue weighted by Gasteiger charge is 2.68. The van der Waals surface area contributed by atoms with Gasteiger partial charge in [0.2, 0.25) is 0 Å². The van der Waals surface area contributed by atoms with E-state index in [9.17, 15) is 14.4 Å². The van der Waals surface area contributed by atoms with E-state index >= 15 is 0 Å². The number of nitrogens with zero attached hydrogens (tertiary/aromatic N) is 1. The molecule has 0 aromatic carbocycles. The fourth-order valence-electron chi connectivity index (χ4n) is 5.17. The summed E-state index contributed by atoms with van der Waals surface area (Å²) in [6, 6.07) is 0.289. The molecule has 0 saturated heterocycles. The van der Waals surface area contributed by atoms with Crippen molar-refractivity contribution in [1.82, 2.24) is 20.2 Å². The fourth-order valence-corrected chi connectivity index (χ4v) is 5.17. The van der Waals surface area contributed by atoms with Gasteiger partial charge in [0.15, 0.2) is 0 Å². The molecule has 4 aliphatic carbocycles. The van der Waals surface area contributed by atoms with Crippen molar-refractivity contribution in [3.8, 4) is 0 Å². The number of H-pyrrole nitrogens is 2. The van der Waals surface area contributed by atoms with Gasteiger partial charge in [-0.25, -0.2) is 9.59 Å². The zero-order chi connectivity index (χ0) is 15.0. The van der Waals surface area contributed by atoms with E-state index in [1.165, 1.54) is 12.8 Å². The van der Waals surface area contributed by atoms with Crippen LogP contribution in [0.1, 0.15) is 24.1 Å². The first-order chi connectivity index (χ1) is 10.6. The predicted octanol–water partition coefficient (Wildman–Crippen LogP) is -0.215. The molecule has 7 nitrogen and oxygen atoms in total. The van der Waals surface area contributed by atoms with Crippen LogP contribution in [0.5, 0.6) is 0 Å². The first-order valence-corrected chi connectivity index (χ1v) is 8.01. The number of carbonyl (C=O) groups excluding carboxylic acids is 1. The van der Waals surface area contributed by atoms with Gasteiger partial charge in [-0.3, -0.25) is 9.78 Å². The predicted molar refractivity (Wildman–Crippen MR) is 77.3 cm³/mol. The molecule has 4 saturated carbocycles. The molecule has 1 aromatic heterocycles. The van der Waals surface area contributed by atoms with Crippen LogP contribution < -0.4 is 16.6 Å². The maximum atomic E-state index is 12.5. The van der Waals surface area contributed by atoms with Crippen LogP contribution >= 0.6 is 0 Å². The third kappa shape index (κ3) is 1.59. The monoisotopic (exact) mass is 302 g/mol. The van der Waals surface area contributed by atoms with Crippen LogP contribution in [0.3, 0.4) is 0 Å². The van der Waals surface area contributed by atoms with Gasteiger partial charge in [-0.05, 0) is 42.9 Å². The zero-order valence-corrected chi connectivity index (χ0v) is 12.1. The van der Waals surface area contributed by atoms with Crippen LogP contribution in [0, 0.1) is 23.7 Å². The number of aromatic nitrogens is 2. The molecule has 3 atom stereocenters. The first-order valence-electron chi connectivity index (χ1n) is 8.01. The molecule has 3 N–H and O–H groups in total. The summed E-state index contributed by atoms with van der Waals surface area (Å²) < 4.78 is 0. The van der Waals surface area contributed by atoms with Gasteiger partial charge < -0.3 is 15.2 Å². The van der Waals surface area contributed by atoms with Crippen molar-refractivity contribution < 1.29 is 4.79 Å². The molecule has 2 heterocycles. The summed E-state index contributed by atoms with van der Waals surface area (Å²) in [4.78, 5) is 42.2. The lowest BCUT2D eigenvalue weighted by Gasteiger charge is -2.30. The Morgan fingerprint density at radius 3 is 2.64 bits per heavy atom. The van der Waals surface area contributed by atoms with Gasteiger partial charge in [0.1, 0.15) is 0 Å². The summed E-state index contributed by atoms with van der Waals surface area (Å²) in [6.45, 7) is 0.818. The van der Waals surface area contributed by atoms with Gasteiger partial charge in [0.05, 0.1) is 6.54 Å². The maximum absolute atomic E-state index is 12.5. The van der Waals surface area contributed by atoms with Crippen molar-refractivity contribution in [2.45, 2.75) is 31.8 Å². The third-order valence-corrected chi connectivity index (χ3v) is 6.16. The Hall–Kier alpha value is -2.05. The molecule has 4 bridgehead atoms. The molecule has 4 fully saturated rings. The molecule has 7 heteroatoms. The number of hydrogen-bond acceptors (Lipinski definition) is 3. The Morgan fingerprint density at radius 1 is 1.18 bits per heavy atom. The highest BCUT2D eigenvalue weighted by molar-refractivity contribution is 5.75. The quantitative estimate of drug-likeness (QED) is 0.669. The van der Waals surface area contributed by atoms with E-state index in [2.05, 4.69) is 15.3 Å². The Kier molecular flexibility index (Phi) is 2.28. The van der Waals surface area contributed by atoms with E-state index in [0.717, 1.165) is 11.8 Å². The number of nitrogens with one attached hydrogen (secondary N) is 3. The molecule has 6 rings (SSSR count). The van der Waals surface area contributed by atoms with Crippen LogP contribution in [0.25, 0.3) is 0 Å². The summed E-state index contributed by atoms with van der Waals surface area (Å²) in [5.74, 6) is 3.12. The normalized spacial score (nSPS) is 37.1. The van der Waals surface area contributed by atoms with E-state index in [1.54, 1.807) is 4.90 Å². The van der Waals surface area contributed by atoms with E-state index < -0.39 is 5.69 Å². The number of carbonyl (C=O) groups is 1. The smallest absolute Gasteiger partial charge is 0.325 e. The molecule has 1 aliphatic heterocycles. The van der Waals surface area contributed by atoms with Crippen LogP contribution in [-0.4, -0.2) is 33.5 Å². The topological polar surface area (TPSA) is 98.1 Å². The zero-order valence-electron chi connectivity index (χ0n) is 12.1. The molecule has 0 radical (unpaired) electrons. The lowest BCUT2D eigenvalue weighted by atomic mass is 10.1. The Morgan fingerprint density at radius 2 is 1.95 bits per heavy atom. The standard InChI is InChI=1S/C15H18N4O3/c20-13-7-1-2-19(5-10(7)16-14(21)18-13)15(22)17-12-6-3-8-9(4-6)11(8)12/h6,8-9,11-12H,1-5H2,(H,17,22)(H2,16,18,20,21). The minimum absolute atomic E-state index is 0.0602. The number of aromatic amines is 2. The van der Waals surface area contributed by atoms with E-state index in [-0.39, 0.29) is 11.6 Å². The number of urea groups is 1. The van der Waals surface area contributed by atoms with Crippen LogP contribution in [-0.2, 0) is 13.0 Å². The first kappa shape index (κ1) is 12.5. The minimum atomic E-state index is -0.511. The SMILES string of the molecule is O=C(NC1C2CC3C(C2)C31)N1CCc2c([nH]c(=O)[nH]c2=O)C1. The molecular weight excluding hydrogens is 284 g/mol. The summed E-state index contributed by atoms with van der Waals surface area (Å²) in [5.41, 5.74) is 0.309. The van der Waals surface area contributed by atoms with Crippen LogP contribution in [0.15, 0.2) is 9.59 Å². The lowest BCUT2D eigenvalue weighted by molar-refractivity contribution is 0.184. The summed E-state index contributed by atoms with van der Waals surface area (Å²) in [7, 11) is 0. The second kappa shape index (κ2) is 4.02. The Bertz CT molecular complexity index is 768. The van der Waals surface area contributed by atoms with Crippen molar-refractivity contribution in [1.29, 1.82) is 0 Å². The summed E-state index contributed by atoms with van der Waals surface area (Å²) in [6.07, 6.45) is 3.05. The second-order valence-corrected chi connectivity index (χ2v) is 7.15. The van der Waals surface area contributed by atoms with Crippen molar-refractivity contribution >= 4 is 6.03 Å². The van der Waals surface area contributed by atoms with E-state index in [4.69, 9.17) is 0 Å². The van der Waals surface area contributed by atoms with Crippen LogP contribution in [0.2, 0.25) is 0 Å². The van der Waals surface area contributed by atoms with Crippen molar-refractivity contribution in [2.75, 3.05) is 6.54 Å². The summed E-state index contributed by atoms with van der Waals surface area (Å²) >= 11 is 0. The average Bonchev–Trinajstić information content (AvgIpc) is 2.82. The molecule has 3 unspecified atom stereocenters. The van der Waals surface area contributed by atoms with Gasteiger partial charge in [0.25, 0.3) is 5.56 Å². The summed E-state index contributed by atoms with van der Waals surface area (Å²) in [5, 5.41) is 3.20. The number of hydrogen-bond donors (Lipinski definition) is 3. The lowest BCUT2D eigenvalue weighted by Crippen LogP contribution is -2.49. The second-order valence-electron chi connectivity index (χ2n) is 7.15. The maximum Gasteiger partial charge on any atom is 0.325 e. The average molecular weight is 302 g/mol. The van der Waals surface area contributed by atoms with E-state index in [1.807, 2.05) is 0 Å².